The molecule has 0 aromatic heterocycles. The second-order valence-corrected chi connectivity index (χ2v) is 5.46. The Morgan fingerprint density at radius 3 is 2.52 bits per heavy atom. The molecule has 0 aromatic carbocycles. The van der Waals surface area contributed by atoms with Crippen LogP contribution in [0.5, 0.6) is 0 Å². The van der Waals surface area contributed by atoms with Gasteiger partial charge in [-0.25, -0.2) is 4.79 Å². The van der Waals surface area contributed by atoms with Gasteiger partial charge in [-0.15, -0.1) is 0 Å². The Hall–Kier alpha value is -2.12. The van der Waals surface area contributed by atoms with E-state index in [-0.39, 0.29) is 25.4 Å². The number of nitrogens with one attached hydrogen (secondary N) is 2. The van der Waals surface area contributed by atoms with E-state index >= 15 is 0 Å². The summed E-state index contributed by atoms with van der Waals surface area (Å²) >= 11 is 0. The molecular formula is C13H19N3O5. The summed E-state index contributed by atoms with van der Waals surface area (Å²) in [6, 6.07) is -0.546. The number of imide groups is 1. The van der Waals surface area contributed by atoms with Crippen molar-refractivity contribution in [1.29, 1.82) is 0 Å². The van der Waals surface area contributed by atoms with E-state index in [1.807, 2.05) is 0 Å². The molecule has 8 heteroatoms. The zero-order chi connectivity index (χ0) is 15.5. The highest BCUT2D eigenvalue weighted by molar-refractivity contribution is 6.09. The number of rotatable bonds is 5. The van der Waals surface area contributed by atoms with Crippen LogP contribution in [-0.2, 0) is 14.4 Å². The molecule has 1 spiro atoms. The molecule has 0 radical (unpaired) electrons. The number of carbonyl (C=O) groups is 4. The van der Waals surface area contributed by atoms with Crippen molar-refractivity contribution in [3.05, 3.63) is 0 Å². The second kappa shape index (κ2) is 6.11. The molecule has 1 aliphatic heterocycles. The van der Waals surface area contributed by atoms with Crippen molar-refractivity contribution >= 4 is 23.8 Å². The van der Waals surface area contributed by atoms with Crippen molar-refractivity contribution in [1.82, 2.24) is 15.5 Å². The van der Waals surface area contributed by atoms with E-state index in [1.54, 1.807) is 0 Å². The van der Waals surface area contributed by atoms with Gasteiger partial charge < -0.3 is 15.7 Å². The summed E-state index contributed by atoms with van der Waals surface area (Å²) < 4.78 is 0. The third-order valence-corrected chi connectivity index (χ3v) is 3.92. The Balaban J connectivity index is 1.91. The topological polar surface area (TPSA) is 116 Å². The van der Waals surface area contributed by atoms with Crippen molar-refractivity contribution in [2.24, 2.45) is 0 Å². The first-order valence-corrected chi connectivity index (χ1v) is 7.07. The van der Waals surface area contributed by atoms with Gasteiger partial charge in [-0.2, -0.15) is 0 Å². The van der Waals surface area contributed by atoms with Crippen LogP contribution in [0.4, 0.5) is 4.79 Å². The molecular weight excluding hydrogens is 278 g/mol. The molecule has 0 unspecified atom stereocenters. The maximum Gasteiger partial charge on any atom is 0.325 e. The van der Waals surface area contributed by atoms with Gasteiger partial charge in [0.15, 0.2) is 0 Å². The minimum absolute atomic E-state index is 0.0248. The summed E-state index contributed by atoms with van der Waals surface area (Å²) in [7, 11) is 0. The lowest BCUT2D eigenvalue weighted by Gasteiger charge is -2.30. The van der Waals surface area contributed by atoms with E-state index in [9.17, 15) is 19.2 Å². The Morgan fingerprint density at radius 2 is 1.90 bits per heavy atom. The average Bonchev–Trinajstić information content (AvgIpc) is 2.64. The molecule has 116 valence electrons. The normalized spacial score (nSPS) is 20.5. The third-order valence-electron chi connectivity index (χ3n) is 3.92. The highest BCUT2D eigenvalue weighted by Crippen LogP contribution is 2.33. The molecule has 21 heavy (non-hydrogen) atoms. The van der Waals surface area contributed by atoms with E-state index in [2.05, 4.69) is 10.6 Å². The number of carboxylic acids is 1. The van der Waals surface area contributed by atoms with E-state index in [0.717, 1.165) is 24.2 Å². The van der Waals surface area contributed by atoms with Gasteiger partial charge in [0.25, 0.3) is 5.91 Å². The molecule has 0 aromatic rings. The molecule has 2 fully saturated rings. The molecule has 0 atom stereocenters. The van der Waals surface area contributed by atoms with Crippen molar-refractivity contribution in [2.75, 3.05) is 13.1 Å². The number of urea groups is 1. The van der Waals surface area contributed by atoms with Gasteiger partial charge in [0, 0.05) is 6.54 Å². The smallest absolute Gasteiger partial charge is 0.325 e. The molecule has 8 nitrogen and oxygen atoms in total. The van der Waals surface area contributed by atoms with E-state index in [0.29, 0.717) is 12.8 Å². The van der Waals surface area contributed by atoms with Crippen LogP contribution in [0.2, 0.25) is 0 Å². The van der Waals surface area contributed by atoms with Crippen LogP contribution < -0.4 is 10.6 Å². The van der Waals surface area contributed by atoms with Crippen molar-refractivity contribution < 1.29 is 24.3 Å². The fraction of sp³-hybridized carbons (Fsp3) is 0.692. The Kier molecular flexibility index (Phi) is 4.44. The Labute approximate surface area is 121 Å². The summed E-state index contributed by atoms with van der Waals surface area (Å²) in [6.07, 6.45) is 3.81. The van der Waals surface area contributed by atoms with Gasteiger partial charge in [0.1, 0.15) is 12.1 Å². The van der Waals surface area contributed by atoms with E-state index in [4.69, 9.17) is 5.11 Å². The van der Waals surface area contributed by atoms with Gasteiger partial charge >= 0.3 is 12.0 Å². The largest absolute Gasteiger partial charge is 0.481 e. The Morgan fingerprint density at radius 1 is 1.24 bits per heavy atom. The van der Waals surface area contributed by atoms with Crippen LogP contribution >= 0.6 is 0 Å². The Bertz CT molecular complexity index is 470. The predicted molar refractivity (Wildman–Crippen MR) is 71.3 cm³/mol. The number of hydrogen-bond acceptors (Lipinski definition) is 4. The van der Waals surface area contributed by atoms with E-state index in [1.165, 1.54) is 0 Å². The quantitative estimate of drug-likeness (QED) is 0.609. The number of aliphatic carboxylic acids is 1. The first-order chi connectivity index (χ1) is 9.94. The maximum absolute atomic E-state index is 12.4. The molecule has 2 aliphatic rings. The summed E-state index contributed by atoms with van der Waals surface area (Å²) in [5, 5.41) is 13.6. The van der Waals surface area contributed by atoms with Crippen LogP contribution in [0.3, 0.4) is 0 Å². The number of carboxylic acid groups (broad SMARTS) is 1. The number of carbonyl (C=O) groups excluding carboxylic acids is 3. The number of hydrogen-bond donors (Lipinski definition) is 3. The van der Waals surface area contributed by atoms with Crippen LogP contribution in [0, 0.1) is 0 Å². The summed E-state index contributed by atoms with van der Waals surface area (Å²) in [6.45, 7) is -0.394. The van der Waals surface area contributed by atoms with Crippen molar-refractivity contribution in [3.8, 4) is 0 Å². The maximum atomic E-state index is 12.4. The molecule has 4 amide bonds. The predicted octanol–water partition coefficient (Wildman–Crippen LogP) is -0.168. The van der Waals surface area contributed by atoms with Crippen molar-refractivity contribution in [3.63, 3.8) is 0 Å². The SMILES string of the molecule is O=C(O)CCNC(=O)CN1C(=O)NC2(CCCCC2)C1=O. The lowest BCUT2D eigenvalue weighted by atomic mass is 9.82. The zero-order valence-corrected chi connectivity index (χ0v) is 11.7. The van der Waals surface area contributed by atoms with Gasteiger partial charge in [0.2, 0.25) is 5.91 Å². The molecule has 3 N–H and O–H groups in total. The van der Waals surface area contributed by atoms with Crippen LogP contribution in [0.15, 0.2) is 0 Å². The molecule has 1 heterocycles. The van der Waals surface area contributed by atoms with Crippen LogP contribution in [0.25, 0.3) is 0 Å². The van der Waals surface area contributed by atoms with Gasteiger partial charge in [-0.1, -0.05) is 19.3 Å². The van der Waals surface area contributed by atoms with Crippen molar-refractivity contribution in [2.45, 2.75) is 44.1 Å². The monoisotopic (exact) mass is 297 g/mol. The molecule has 1 saturated carbocycles. The zero-order valence-electron chi connectivity index (χ0n) is 11.7. The van der Waals surface area contributed by atoms with E-state index < -0.39 is 23.4 Å². The minimum Gasteiger partial charge on any atom is -0.481 e. The standard InChI is InChI=1S/C13H19N3O5/c17-9(14-7-4-10(18)19)8-16-11(20)13(15-12(16)21)5-2-1-3-6-13/h1-8H2,(H,14,17)(H,15,21)(H,18,19). The first-order valence-electron chi connectivity index (χ1n) is 7.07. The van der Waals surface area contributed by atoms with Gasteiger partial charge in [-0.3, -0.25) is 19.3 Å². The average molecular weight is 297 g/mol. The van der Waals surface area contributed by atoms with Crippen LogP contribution in [-0.4, -0.2) is 52.4 Å². The molecule has 1 aliphatic carbocycles. The second-order valence-electron chi connectivity index (χ2n) is 5.46. The first kappa shape index (κ1) is 15.3. The highest BCUT2D eigenvalue weighted by Gasteiger charge is 2.51. The molecule has 0 bridgehead atoms. The minimum atomic E-state index is -1.02. The summed E-state index contributed by atoms with van der Waals surface area (Å²) in [5.74, 6) is -1.90. The van der Waals surface area contributed by atoms with Gasteiger partial charge in [0.05, 0.1) is 6.42 Å². The molecule has 2 rings (SSSR count). The lowest BCUT2D eigenvalue weighted by Crippen LogP contribution is -2.49. The summed E-state index contributed by atoms with van der Waals surface area (Å²) in [4.78, 5) is 47.2. The fourth-order valence-electron chi connectivity index (χ4n) is 2.82. The fourth-order valence-corrected chi connectivity index (χ4v) is 2.82. The van der Waals surface area contributed by atoms with Gasteiger partial charge in [-0.05, 0) is 12.8 Å². The number of amides is 4. The lowest BCUT2D eigenvalue weighted by molar-refractivity contribution is -0.138. The number of nitrogens with zero attached hydrogens (tertiary/aromatic N) is 1. The third kappa shape index (κ3) is 3.32. The summed E-state index contributed by atoms with van der Waals surface area (Å²) in [5.41, 5.74) is -0.837. The van der Waals surface area contributed by atoms with Crippen LogP contribution in [0.1, 0.15) is 38.5 Å². The highest BCUT2D eigenvalue weighted by atomic mass is 16.4. The molecule has 1 saturated heterocycles.